The molecule has 0 fully saturated rings. The van der Waals surface area contributed by atoms with Crippen LogP contribution < -0.4 is 9.62 Å². The lowest BCUT2D eigenvalue weighted by atomic mass is 10.0. The van der Waals surface area contributed by atoms with Gasteiger partial charge in [-0.1, -0.05) is 94.8 Å². The van der Waals surface area contributed by atoms with Crippen LogP contribution in [-0.4, -0.2) is 44.3 Å². The fraction of sp³-hybridized carbons (Fsp3) is 0.188. The molecule has 0 aromatic heterocycles. The maximum Gasteiger partial charge on any atom is 0.264 e. The zero-order valence-corrected chi connectivity index (χ0v) is 25.1. The Labute approximate surface area is 250 Å². The average molecular weight is 635 g/mol. The number of halogens is 1. The summed E-state index contributed by atoms with van der Waals surface area (Å²) in [5.74, 6) is -0.803. The first-order valence-corrected chi connectivity index (χ1v) is 15.5. The molecular weight excluding hydrogens is 602 g/mol. The lowest BCUT2D eigenvalue weighted by Crippen LogP contribution is -2.53. The second kappa shape index (κ2) is 14.1. The van der Waals surface area contributed by atoms with E-state index >= 15 is 0 Å². The number of sulfonamides is 1. The van der Waals surface area contributed by atoms with Gasteiger partial charge in [-0.05, 0) is 54.4 Å². The van der Waals surface area contributed by atoms with Crippen molar-refractivity contribution in [3.8, 4) is 0 Å². The van der Waals surface area contributed by atoms with Gasteiger partial charge in [0, 0.05) is 24.0 Å². The molecule has 0 heterocycles. The van der Waals surface area contributed by atoms with E-state index in [0.717, 1.165) is 19.9 Å². The van der Waals surface area contributed by atoms with Crippen molar-refractivity contribution < 1.29 is 18.0 Å². The quantitative estimate of drug-likeness (QED) is 0.226. The summed E-state index contributed by atoms with van der Waals surface area (Å²) in [6, 6.07) is 32.6. The summed E-state index contributed by atoms with van der Waals surface area (Å²) in [4.78, 5) is 29.3. The van der Waals surface area contributed by atoms with Gasteiger partial charge in [0.1, 0.15) is 12.6 Å². The Morgan fingerprint density at radius 3 is 1.93 bits per heavy atom. The van der Waals surface area contributed by atoms with Crippen molar-refractivity contribution in [3.05, 3.63) is 131 Å². The molecule has 7 nitrogen and oxygen atoms in total. The molecule has 41 heavy (non-hydrogen) atoms. The fourth-order valence-electron chi connectivity index (χ4n) is 4.48. The Morgan fingerprint density at radius 1 is 0.780 bits per heavy atom. The Hall–Kier alpha value is -3.95. The molecule has 0 aliphatic rings. The van der Waals surface area contributed by atoms with E-state index in [4.69, 9.17) is 0 Å². The number of hydrogen-bond donors (Lipinski definition) is 1. The van der Waals surface area contributed by atoms with Gasteiger partial charge >= 0.3 is 0 Å². The first-order chi connectivity index (χ1) is 19.8. The molecule has 2 amide bonds. The molecule has 212 valence electrons. The number of benzene rings is 4. The van der Waals surface area contributed by atoms with Crippen LogP contribution in [0.4, 0.5) is 5.69 Å². The number of carbonyl (C=O) groups is 2. The van der Waals surface area contributed by atoms with Crippen LogP contribution in [0.3, 0.4) is 0 Å². The number of anilines is 1. The maximum atomic E-state index is 14.2. The van der Waals surface area contributed by atoms with Crippen molar-refractivity contribution in [2.75, 3.05) is 17.4 Å². The highest BCUT2D eigenvalue weighted by atomic mass is 79.9. The highest BCUT2D eigenvalue weighted by Gasteiger charge is 2.34. The Balaban J connectivity index is 1.76. The van der Waals surface area contributed by atoms with Crippen LogP contribution in [0.15, 0.2) is 125 Å². The van der Waals surface area contributed by atoms with Crippen LogP contribution >= 0.6 is 15.9 Å². The van der Waals surface area contributed by atoms with Gasteiger partial charge in [0.2, 0.25) is 11.8 Å². The number of nitrogens with one attached hydrogen (secondary N) is 1. The summed E-state index contributed by atoms with van der Waals surface area (Å²) in [5, 5.41) is 2.87. The SMILES string of the molecule is CCNC(=O)[C@@H](Cc1ccccc1)N(Cc1ccc(Br)cc1)C(=O)CN(c1ccccc1)S(=O)(=O)c1ccccc1. The van der Waals surface area contributed by atoms with Crippen molar-refractivity contribution in [2.24, 2.45) is 0 Å². The van der Waals surface area contributed by atoms with Crippen LogP contribution in [0.2, 0.25) is 0 Å². The van der Waals surface area contributed by atoms with E-state index in [-0.39, 0.29) is 23.8 Å². The largest absolute Gasteiger partial charge is 0.355 e. The van der Waals surface area contributed by atoms with Gasteiger partial charge in [0.05, 0.1) is 10.6 Å². The Morgan fingerprint density at radius 2 is 1.34 bits per heavy atom. The van der Waals surface area contributed by atoms with Gasteiger partial charge in [0.15, 0.2) is 0 Å². The fourth-order valence-corrected chi connectivity index (χ4v) is 6.17. The standard InChI is InChI=1S/C32H32BrN3O4S/c1-2-34-32(38)30(22-25-12-6-3-7-13-25)35(23-26-18-20-27(33)21-19-26)31(37)24-36(28-14-8-4-9-15-28)41(39,40)29-16-10-5-11-17-29/h3-21,30H,2,22-24H2,1H3,(H,34,38)/t30-/m1/s1. The number of nitrogens with zero attached hydrogens (tertiary/aromatic N) is 2. The second-order valence-electron chi connectivity index (χ2n) is 9.41. The molecule has 0 radical (unpaired) electrons. The minimum absolute atomic E-state index is 0.0701. The van der Waals surface area contributed by atoms with E-state index in [2.05, 4.69) is 21.2 Å². The summed E-state index contributed by atoms with van der Waals surface area (Å²) in [7, 11) is -4.10. The third-order valence-corrected chi connectivity index (χ3v) is 8.86. The Kier molecular flexibility index (Phi) is 10.3. The van der Waals surface area contributed by atoms with Crippen LogP contribution in [0, 0.1) is 0 Å². The van der Waals surface area contributed by atoms with Crippen LogP contribution in [-0.2, 0) is 32.6 Å². The molecule has 1 atom stereocenters. The highest BCUT2D eigenvalue weighted by molar-refractivity contribution is 9.10. The first-order valence-electron chi connectivity index (χ1n) is 13.3. The van der Waals surface area contributed by atoms with Gasteiger partial charge in [-0.3, -0.25) is 13.9 Å². The van der Waals surface area contributed by atoms with Crippen LogP contribution in [0.25, 0.3) is 0 Å². The number of hydrogen-bond acceptors (Lipinski definition) is 4. The topological polar surface area (TPSA) is 86.8 Å². The minimum atomic E-state index is -4.10. The van der Waals surface area contributed by atoms with Crippen LogP contribution in [0.5, 0.6) is 0 Å². The van der Waals surface area contributed by atoms with Gasteiger partial charge in [0.25, 0.3) is 10.0 Å². The zero-order valence-electron chi connectivity index (χ0n) is 22.7. The summed E-state index contributed by atoms with van der Waals surface area (Å²) < 4.78 is 29.7. The molecule has 0 bridgehead atoms. The van der Waals surface area contributed by atoms with E-state index in [1.165, 1.54) is 17.0 Å². The molecule has 9 heteroatoms. The number of likely N-dealkylation sites (N-methyl/N-ethyl adjacent to an activating group) is 1. The number of carbonyl (C=O) groups excluding carboxylic acids is 2. The van der Waals surface area contributed by atoms with Crippen molar-refractivity contribution >= 4 is 43.5 Å². The number of amides is 2. The monoisotopic (exact) mass is 633 g/mol. The summed E-state index contributed by atoms with van der Waals surface area (Å²) in [6.07, 6.45) is 0.270. The zero-order chi connectivity index (χ0) is 29.2. The molecule has 4 aromatic carbocycles. The van der Waals surface area contributed by atoms with E-state index in [9.17, 15) is 18.0 Å². The molecule has 4 rings (SSSR count). The lowest BCUT2D eigenvalue weighted by molar-refractivity contribution is -0.140. The van der Waals surface area contributed by atoms with E-state index < -0.39 is 28.5 Å². The summed E-state index contributed by atoms with van der Waals surface area (Å²) in [6.45, 7) is 1.85. The maximum absolute atomic E-state index is 14.2. The van der Waals surface area contributed by atoms with Gasteiger partial charge in [-0.25, -0.2) is 8.42 Å². The highest BCUT2D eigenvalue weighted by Crippen LogP contribution is 2.25. The average Bonchev–Trinajstić information content (AvgIpc) is 3.00. The minimum Gasteiger partial charge on any atom is -0.355 e. The third kappa shape index (κ3) is 7.83. The second-order valence-corrected chi connectivity index (χ2v) is 12.2. The Bertz CT molecular complexity index is 1530. The molecule has 0 saturated carbocycles. The molecule has 0 spiro atoms. The van der Waals surface area contributed by atoms with Crippen molar-refractivity contribution in [2.45, 2.75) is 30.8 Å². The molecule has 4 aromatic rings. The van der Waals surface area contributed by atoms with Crippen molar-refractivity contribution in [1.82, 2.24) is 10.2 Å². The lowest BCUT2D eigenvalue weighted by Gasteiger charge is -2.33. The molecule has 0 unspecified atom stereocenters. The molecule has 0 saturated heterocycles. The summed E-state index contributed by atoms with van der Waals surface area (Å²) >= 11 is 3.44. The molecule has 0 aliphatic heterocycles. The smallest absolute Gasteiger partial charge is 0.264 e. The predicted molar refractivity (Wildman–Crippen MR) is 165 cm³/mol. The summed E-state index contributed by atoms with van der Waals surface area (Å²) in [5.41, 5.74) is 2.04. The van der Waals surface area contributed by atoms with E-state index in [1.807, 2.05) is 61.5 Å². The van der Waals surface area contributed by atoms with Crippen molar-refractivity contribution in [3.63, 3.8) is 0 Å². The predicted octanol–water partition coefficient (Wildman–Crippen LogP) is 5.42. The number of para-hydroxylation sites is 1. The molecule has 0 aliphatic carbocycles. The van der Waals surface area contributed by atoms with Gasteiger partial charge in [-0.15, -0.1) is 0 Å². The normalized spacial score (nSPS) is 11.9. The van der Waals surface area contributed by atoms with E-state index in [1.54, 1.807) is 48.5 Å². The molecular formula is C32H32BrN3O4S. The third-order valence-electron chi connectivity index (χ3n) is 6.54. The molecule has 1 N–H and O–H groups in total. The van der Waals surface area contributed by atoms with Crippen LogP contribution in [0.1, 0.15) is 18.1 Å². The van der Waals surface area contributed by atoms with E-state index in [0.29, 0.717) is 12.2 Å². The van der Waals surface area contributed by atoms with Gasteiger partial charge in [-0.2, -0.15) is 0 Å². The van der Waals surface area contributed by atoms with Crippen molar-refractivity contribution in [1.29, 1.82) is 0 Å². The first kappa shape index (κ1) is 30.0. The van der Waals surface area contributed by atoms with Gasteiger partial charge < -0.3 is 10.2 Å². The number of rotatable bonds is 12.